The average molecular weight is 616 g/mol. The third-order valence-corrected chi connectivity index (χ3v) is 8.85. The van der Waals surface area contributed by atoms with E-state index in [0.717, 1.165) is 5.56 Å². The van der Waals surface area contributed by atoms with Gasteiger partial charge in [0.25, 0.3) is 11.8 Å². The molecule has 1 unspecified atom stereocenters. The summed E-state index contributed by atoms with van der Waals surface area (Å²) in [6.45, 7) is 0.116. The molecule has 0 spiro atoms. The van der Waals surface area contributed by atoms with Gasteiger partial charge < -0.3 is 24.8 Å². The molecule has 0 aromatic heterocycles. The van der Waals surface area contributed by atoms with E-state index in [0.29, 0.717) is 35.7 Å². The van der Waals surface area contributed by atoms with E-state index < -0.39 is 22.0 Å². The second-order valence-electron chi connectivity index (χ2n) is 10.1. The smallest absolute Gasteiger partial charge is 0.267 e. The lowest BCUT2D eigenvalue weighted by Gasteiger charge is -2.34. The quantitative estimate of drug-likeness (QED) is 0.256. The highest BCUT2D eigenvalue weighted by atomic mass is 32.2. The Hall–Kier alpha value is -5.03. The molecule has 0 radical (unpaired) electrons. The van der Waals surface area contributed by atoms with Crippen LogP contribution in [0.25, 0.3) is 0 Å². The Morgan fingerprint density at radius 2 is 1.57 bits per heavy atom. The number of methoxy groups -OCH3 is 2. The van der Waals surface area contributed by atoms with Gasteiger partial charge in [-0.1, -0.05) is 60.7 Å². The molecule has 2 N–H and O–H groups in total. The lowest BCUT2D eigenvalue weighted by atomic mass is 10.1. The number of fused-ring (bicyclic) bond motifs is 1. The normalized spacial score (nSPS) is 14.1. The van der Waals surface area contributed by atoms with E-state index in [9.17, 15) is 18.0 Å². The van der Waals surface area contributed by atoms with E-state index in [4.69, 9.17) is 14.2 Å². The van der Waals surface area contributed by atoms with Gasteiger partial charge in [0, 0.05) is 6.54 Å². The summed E-state index contributed by atoms with van der Waals surface area (Å²) in [6, 6.07) is 27.7. The first-order chi connectivity index (χ1) is 21.3. The molecular formula is C33H33N3O7S. The second-order valence-corrected chi connectivity index (χ2v) is 12.0. The molecule has 4 aromatic carbocycles. The number of para-hydroxylation sites is 3. The van der Waals surface area contributed by atoms with E-state index in [2.05, 4.69) is 10.6 Å². The van der Waals surface area contributed by atoms with Crippen LogP contribution < -0.4 is 29.1 Å². The molecule has 228 valence electrons. The van der Waals surface area contributed by atoms with Gasteiger partial charge >= 0.3 is 0 Å². The molecule has 44 heavy (non-hydrogen) atoms. The van der Waals surface area contributed by atoms with Gasteiger partial charge in [-0.25, -0.2) is 8.42 Å². The molecule has 0 saturated heterocycles. The molecule has 4 aromatic rings. The minimum absolute atomic E-state index is 0.225. The van der Waals surface area contributed by atoms with Crippen LogP contribution in [-0.4, -0.2) is 53.6 Å². The minimum atomic E-state index is -3.86. The number of nitrogens with one attached hydrogen (secondary N) is 2. The van der Waals surface area contributed by atoms with Crippen LogP contribution in [0.3, 0.4) is 0 Å². The van der Waals surface area contributed by atoms with E-state index >= 15 is 0 Å². The van der Waals surface area contributed by atoms with Gasteiger partial charge in [0.2, 0.25) is 10.0 Å². The van der Waals surface area contributed by atoms with Crippen LogP contribution in [-0.2, 0) is 27.0 Å². The summed E-state index contributed by atoms with van der Waals surface area (Å²) in [6.07, 6.45) is -0.611. The summed E-state index contributed by atoms with van der Waals surface area (Å²) in [4.78, 5) is 26.6. The molecule has 0 saturated carbocycles. The number of benzene rings is 4. The summed E-state index contributed by atoms with van der Waals surface area (Å²) in [5, 5.41) is 5.66. The fourth-order valence-corrected chi connectivity index (χ4v) is 6.50. The summed E-state index contributed by atoms with van der Waals surface area (Å²) in [5.41, 5.74) is 2.48. The Bertz CT molecular complexity index is 1750. The van der Waals surface area contributed by atoms with Gasteiger partial charge in [-0.15, -0.1) is 0 Å². The summed E-state index contributed by atoms with van der Waals surface area (Å²) < 4.78 is 44.9. The standard InChI is InChI=1S/C33H33N3O7S/c1-41-29-17-16-23(20-30(29)42-2)18-19-34-32(37)25-12-6-7-13-26(25)35-33(38)31-21-36(27-14-8-9-15-28(27)43-31)44(39,40)22-24-10-4-3-5-11-24/h3-17,20,31H,18-19,21-22H2,1-2H3,(H,34,37)(H,35,38). The highest BCUT2D eigenvalue weighted by molar-refractivity contribution is 7.92. The number of sulfonamides is 1. The van der Waals surface area contributed by atoms with Crippen LogP contribution in [0.1, 0.15) is 21.5 Å². The predicted octanol–water partition coefficient (Wildman–Crippen LogP) is 4.41. The molecule has 1 aliphatic heterocycles. The third kappa shape index (κ3) is 6.95. The first-order valence-corrected chi connectivity index (χ1v) is 15.6. The van der Waals surface area contributed by atoms with Crippen molar-refractivity contribution in [1.82, 2.24) is 5.32 Å². The second kappa shape index (κ2) is 13.5. The number of hydrogen-bond donors (Lipinski definition) is 2. The molecule has 1 heterocycles. The molecule has 2 amide bonds. The summed E-state index contributed by atoms with van der Waals surface area (Å²) in [7, 11) is -0.729. The van der Waals surface area contributed by atoms with Crippen molar-refractivity contribution < 1.29 is 32.2 Å². The average Bonchev–Trinajstić information content (AvgIpc) is 3.04. The first-order valence-electron chi connectivity index (χ1n) is 14.0. The Labute approximate surface area is 256 Å². The van der Waals surface area contributed by atoms with E-state index in [1.54, 1.807) is 93.1 Å². The maximum absolute atomic E-state index is 13.5. The Balaban J connectivity index is 1.28. The molecule has 1 aliphatic rings. The highest BCUT2D eigenvalue weighted by Gasteiger charge is 2.37. The van der Waals surface area contributed by atoms with E-state index in [1.807, 2.05) is 18.2 Å². The molecule has 0 bridgehead atoms. The molecule has 10 nitrogen and oxygen atoms in total. The first kappa shape index (κ1) is 30.4. The number of ether oxygens (including phenoxy) is 3. The van der Waals surface area contributed by atoms with Gasteiger partial charge in [-0.05, 0) is 53.9 Å². The topological polar surface area (TPSA) is 123 Å². The van der Waals surface area contributed by atoms with Crippen LogP contribution in [0, 0.1) is 0 Å². The fraction of sp³-hybridized carbons (Fsp3) is 0.212. The van der Waals surface area contributed by atoms with E-state index in [-0.39, 0.29) is 35.2 Å². The van der Waals surface area contributed by atoms with Crippen LogP contribution >= 0.6 is 0 Å². The third-order valence-electron chi connectivity index (χ3n) is 7.13. The highest BCUT2D eigenvalue weighted by Crippen LogP contribution is 2.36. The van der Waals surface area contributed by atoms with Crippen molar-refractivity contribution in [2.45, 2.75) is 18.3 Å². The minimum Gasteiger partial charge on any atom is -0.493 e. The van der Waals surface area contributed by atoms with Crippen molar-refractivity contribution in [2.75, 3.05) is 36.9 Å². The number of carbonyl (C=O) groups excluding carboxylic acids is 2. The van der Waals surface area contributed by atoms with Gasteiger partial charge in [0.05, 0.1) is 43.5 Å². The van der Waals surface area contributed by atoms with Gasteiger partial charge in [-0.2, -0.15) is 0 Å². The largest absolute Gasteiger partial charge is 0.493 e. The fourth-order valence-electron chi connectivity index (χ4n) is 4.92. The number of rotatable bonds is 11. The molecule has 11 heteroatoms. The number of carbonyl (C=O) groups is 2. The Kier molecular flexibility index (Phi) is 9.35. The predicted molar refractivity (Wildman–Crippen MR) is 168 cm³/mol. The number of anilines is 2. The van der Waals surface area contributed by atoms with Crippen LogP contribution in [0.4, 0.5) is 11.4 Å². The van der Waals surface area contributed by atoms with Crippen molar-refractivity contribution in [3.05, 3.63) is 114 Å². The zero-order chi connectivity index (χ0) is 31.1. The number of amides is 2. The van der Waals surface area contributed by atoms with Crippen molar-refractivity contribution in [2.24, 2.45) is 0 Å². The van der Waals surface area contributed by atoms with Crippen LogP contribution in [0.2, 0.25) is 0 Å². The molecule has 5 rings (SSSR count). The van der Waals surface area contributed by atoms with Crippen molar-refractivity contribution in [1.29, 1.82) is 0 Å². The Morgan fingerprint density at radius 3 is 2.34 bits per heavy atom. The maximum atomic E-state index is 13.5. The maximum Gasteiger partial charge on any atom is 0.267 e. The molecule has 1 atom stereocenters. The number of hydrogen-bond acceptors (Lipinski definition) is 7. The SMILES string of the molecule is COc1ccc(CCNC(=O)c2ccccc2NC(=O)C2CN(S(=O)(=O)Cc3ccccc3)c3ccccc3O2)cc1OC. The molecule has 0 fully saturated rings. The lowest BCUT2D eigenvalue weighted by Crippen LogP contribution is -2.49. The van der Waals surface area contributed by atoms with E-state index in [1.165, 1.54) is 4.31 Å². The Morgan fingerprint density at radius 1 is 0.864 bits per heavy atom. The summed E-state index contributed by atoms with van der Waals surface area (Å²) >= 11 is 0. The van der Waals surface area contributed by atoms with Gasteiger partial charge in [0.15, 0.2) is 17.6 Å². The van der Waals surface area contributed by atoms with Crippen molar-refractivity contribution in [3.8, 4) is 17.2 Å². The number of nitrogens with zero attached hydrogens (tertiary/aromatic N) is 1. The zero-order valence-corrected chi connectivity index (χ0v) is 25.2. The van der Waals surface area contributed by atoms with Crippen molar-refractivity contribution in [3.63, 3.8) is 0 Å². The van der Waals surface area contributed by atoms with Crippen LogP contribution in [0.5, 0.6) is 17.2 Å². The lowest BCUT2D eigenvalue weighted by molar-refractivity contribution is -0.122. The zero-order valence-electron chi connectivity index (χ0n) is 24.4. The summed E-state index contributed by atoms with van der Waals surface area (Å²) in [5.74, 6) is 0.309. The van der Waals surface area contributed by atoms with Crippen molar-refractivity contribution >= 4 is 33.2 Å². The monoisotopic (exact) mass is 615 g/mol. The van der Waals surface area contributed by atoms with Gasteiger partial charge in [-0.3, -0.25) is 13.9 Å². The van der Waals surface area contributed by atoms with Crippen LogP contribution in [0.15, 0.2) is 97.1 Å². The molecule has 0 aliphatic carbocycles. The van der Waals surface area contributed by atoms with Gasteiger partial charge in [0.1, 0.15) is 5.75 Å². The molecular weight excluding hydrogens is 582 g/mol.